The van der Waals surface area contributed by atoms with E-state index in [0.717, 1.165) is 34.5 Å². The molecule has 0 bridgehead atoms. The van der Waals surface area contributed by atoms with Crippen molar-refractivity contribution in [3.05, 3.63) is 157 Å². The van der Waals surface area contributed by atoms with Crippen molar-refractivity contribution in [3.63, 3.8) is 0 Å². The fourth-order valence-corrected chi connectivity index (χ4v) is 7.54. The maximum Gasteiger partial charge on any atom is 0.136 e. The van der Waals surface area contributed by atoms with Crippen LogP contribution in [0.2, 0.25) is 0 Å². The van der Waals surface area contributed by atoms with Gasteiger partial charge in [0, 0.05) is 38.4 Å². The Morgan fingerprint density at radius 1 is 0.600 bits per heavy atom. The Balaban J connectivity index is 1.26. The molecule has 0 spiro atoms. The number of benzene rings is 6. The van der Waals surface area contributed by atoms with Crippen LogP contribution in [0.25, 0.3) is 54.5 Å². The number of nitrogens with zero attached hydrogens (tertiary/aromatic N) is 3. The first kappa shape index (κ1) is 25.9. The van der Waals surface area contributed by atoms with E-state index in [1.807, 2.05) is 0 Å². The van der Waals surface area contributed by atoms with E-state index in [1.54, 1.807) is 0 Å². The molecule has 2 aliphatic rings. The zero-order valence-electron chi connectivity index (χ0n) is 25.1. The largest absolute Gasteiger partial charge is 0.314 e. The Hall–Kier alpha value is -5.54. The number of para-hydroxylation sites is 1. The molecule has 2 heterocycles. The number of anilines is 1. The molecule has 0 N–H and O–H groups in total. The molecule has 1 aliphatic carbocycles. The quantitative estimate of drug-likeness (QED) is 0.154. The van der Waals surface area contributed by atoms with E-state index < -0.39 is 0 Å². The molecular weight excluding hydrogens is 546 g/mol. The van der Waals surface area contributed by atoms with Crippen LogP contribution in [-0.2, 0) is 0 Å². The van der Waals surface area contributed by atoms with Crippen molar-refractivity contribution >= 4 is 54.9 Å². The molecule has 2 atom stereocenters. The monoisotopic (exact) mass is 577 g/mol. The Bertz CT molecular complexity index is 2270. The lowest BCUT2D eigenvalue weighted by Crippen LogP contribution is -2.52. The Morgan fingerprint density at radius 2 is 1.20 bits per heavy atom. The molecule has 0 radical (unpaired) electrons. The number of rotatable bonds is 4. The summed E-state index contributed by atoms with van der Waals surface area (Å²) in [6.07, 6.45) is 9.83. The molecule has 0 saturated carbocycles. The summed E-state index contributed by atoms with van der Waals surface area (Å²) < 4.78 is 0. The second kappa shape index (κ2) is 10.0. The first-order valence-corrected chi connectivity index (χ1v) is 15.8. The second-order valence-corrected chi connectivity index (χ2v) is 12.1. The molecule has 7 aromatic rings. The number of amidine groups is 1. The average molecular weight is 578 g/mol. The molecule has 3 heteroatoms. The number of hydrogen-bond donors (Lipinski definition) is 0. The van der Waals surface area contributed by atoms with Crippen LogP contribution in [0, 0.1) is 0 Å². The minimum atomic E-state index is -0.219. The maximum absolute atomic E-state index is 5.36. The van der Waals surface area contributed by atoms with Gasteiger partial charge in [0.1, 0.15) is 5.84 Å². The van der Waals surface area contributed by atoms with Gasteiger partial charge in [-0.15, -0.1) is 0 Å². The molecule has 1 aromatic heterocycles. The van der Waals surface area contributed by atoms with E-state index in [2.05, 4.69) is 164 Å². The molecule has 214 valence electrons. The third kappa shape index (κ3) is 3.84. The number of fused-ring (bicyclic) bond motifs is 7. The molecule has 45 heavy (non-hydrogen) atoms. The van der Waals surface area contributed by atoms with Crippen LogP contribution in [0.15, 0.2) is 157 Å². The lowest BCUT2D eigenvalue weighted by molar-refractivity contribution is 0.481. The highest BCUT2D eigenvalue weighted by Gasteiger charge is 2.48. The van der Waals surface area contributed by atoms with Gasteiger partial charge in [0.2, 0.25) is 0 Å². The van der Waals surface area contributed by atoms with E-state index >= 15 is 0 Å². The normalized spacial score (nSPS) is 19.1. The summed E-state index contributed by atoms with van der Waals surface area (Å²) in [6, 6.07) is 45.9. The highest BCUT2D eigenvalue weighted by atomic mass is 15.3. The van der Waals surface area contributed by atoms with Gasteiger partial charge in [0.15, 0.2) is 0 Å². The van der Waals surface area contributed by atoms with E-state index in [-0.39, 0.29) is 11.6 Å². The van der Waals surface area contributed by atoms with Crippen molar-refractivity contribution in [2.75, 3.05) is 4.90 Å². The molecule has 1 aliphatic heterocycles. The first-order valence-electron chi connectivity index (χ1n) is 15.8. The fourth-order valence-electron chi connectivity index (χ4n) is 7.54. The van der Waals surface area contributed by atoms with Crippen molar-refractivity contribution in [1.82, 2.24) is 4.98 Å². The zero-order chi connectivity index (χ0) is 30.0. The van der Waals surface area contributed by atoms with Crippen molar-refractivity contribution in [1.29, 1.82) is 0 Å². The molecule has 0 amide bonds. The molecule has 9 rings (SSSR count). The Kier molecular flexibility index (Phi) is 5.76. The minimum Gasteiger partial charge on any atom is -0.314 e. The number of pyridine rings is 1. The van der Waals surface area contributed by atoms with E-state index in [0.29, 0.717) is 0 Å². The standard InChI is InChI=1S/C42H31N3/c1-2-42-27-11-10-18-37(42)43-41(45(42)32-14-4-3-5-15-32)31-21-19-30(20-22-31)38-35-25-23-28-12-6-8-16-33(28)39(35)44-40-34-17-9-7-13-29(34)24-26-36(38)40/h3-27,37H,2H2,1H3. The van der Waals surface area contributed by atoms with Crippen molar-refractivity contribution < 1.29 is 0 Å². The Morgan fingerprint density at radius 3 is 1.84 bits per heavy atom. The minimum absolute atomic E-state index is 0.0667. The lowest BCUT2D eigenvalue weighted by atomic mass is 9.83. The van der Waals surface area contributed by atoms with Gasteiger partial charge in [-0.3, -0.25) is 4.99 Å². The topological polar surface area (TPSA) is 28.5 Å². The van der Waals surface area contributed by atoms with Gasteiger partial charge in [-0.25, -0.2) is 4.98 Å². The lowest BCUT2D eigenvalue weighted by Gasteiger charge is -2.41. The van der Waals surface area contributed by atoms with Gasteiger partial charge < -0.3 is 4.90 Å². The molecule has 2 unspecified atom stereocenters. The number of hydrogen-bond acceptors (Lipinski definition) is 3. The molecule has 0 fully saturated rings. The SMILES string of the molecule is CCC12C=CC=CC1N=C(c1ccc(-c3c4ccc5ccccc5c4nc4c3ccc3ccccc34)cc1)N2c1ccccc1. The summed E-state index contributed by atoms with van der Waals surface area (Å²) in [5.41, 5.74) is 6.53. The van der Waals surface area contributed by atoms with Gasteiger partial charge in [0.25, 0.3) is 0 Å². The van der Waals surface area contributed by atoms with E-state index in [4.69, 9.17) is 9.98 Å². The van der Waals surface area contributed by atoms with Crippen LogP contribution in [0.3, 0.4) is 0 Å². The van der Waals surface area contributed by atoms with Crippen molar-refractivity contribution in [2.24, 2.45) is 4.99 Å². The maximum atomic E-state index is 5.36. The number of allylic oxidation sites excluding steroid dienone is 2. The molecule has 6 aromatic carbocycles. The van der Waals surface area contributed by atoms with E-state index in [1.165, 1.54) is 43.4 Å². The first-order chi connectivity index (χ1) is 22.2. The average Bonchev–Trinajstić information content (AvgIpc) is 3.47. The predicted molar refractivity (Wildman–Crippen MR) is 190 cm³/mol. The van der Waals surface area contributed by atoms with Crippen LogP contribution < -0.4 is 4.90 Å². The zero-order valence-corrected chi connectivity index (χ0v) is 25.1. The number of aromatic nitrogens is 1. The van der Waals surface area contributed by atoms with Crippen LogP contribution in [0.1, 0.15) is 18.9 Å². The molecular formula is C42H31N3. The number of aliphatic imine (C=N–C) groups is 1. The second-order valence-electron chi connectivity index (χ2n) is 12.1. The van der Waals surface area contributed by atoms with Crippen LogP contribution in [0.4, 0.5) is 5.69 Å². The summed E-state index contributed by atoms with van der Waals surface area (Å²) in [4.78, 5) is 13.2. The van der Waals surface area contributed by atoms with Gasteiger partial charge >= 0.3 is 0 Å². The molecule has 0 saturated heterocycles. The van der Waals surface area contributed by atoms with Gasteiger partial charge in [-0.05, 0) is 34.9 Å². The summed E-state index contributed by atoms with van der Waals surface area (Å²) in [7, 11) is 0. The van der Waals surface area contributed by atoms with Gasteiger partial charge in [-0.1, -0.05) is 146 Å². The van der Waals surface area contributed by atoms with Crippen LogP contribution in [-0.4, -0.2) is 22.4 Å². The summed E-state index contributed by atoms with van der Waals surface area (Å²) in [5, 5.41) is 7.09. The summed E-state index contributed by atoms with van der Waals surface area (Å²) >= 11 is 0. The van der Waals surface area contributed by atoms with Gasteiger partial charge in [-0.2, -0.15) is 0 Å². The van der Waals surface area contributed by atoms with Crippen LogP contribution in [0.5, 0.6) is 0 Å². The van der Waals surface area contributed by atoms with E-state index in [9.17, 15) is 0 Å². The third-order valence-corrected chi connectivity index (χ3v) is 9.77. The third-order valence-electron chi connectivity index (χ3n) is 9.77. The Labute approximate surface area is 262 Å². The highest BCUT2D eigenvalue weighted by molar-refractivity contribution is 6.21. The smallest absolute Gasteiger partial charge is 0.136 e. The van der Waals surface area contributed by atoms with Crippen molar-refractivity contribution in [2.45, 2.75) is 24.9 Å². The highest BCUT2D eigenvalue weighted by Crippen LogP contribution is 2.43. The van der Waals surface area contributed by atoms with Crippen LogP contribution >= 0.6 is 0 Å². The van der Waals surface area contributed by atoms with Gasteiger partial charge in [0.05, 0.1) is 22.6 Å². The predicted octanol–water partition coefficient (Wildman–Crippen LogP) is 10.3. The molecule has 3 nitrogen and oxygen atoms in total. The summed E-state index contributed by atoms with van der Waals surface area (Å²) in [6.45, 7) is 2.26. The summed E-state index contributed by atoms with van der Waals surface area (Å²) in [5.74, 6) is 1.01. The fraction of sp³-hybridized carbons (Fsp3) is 0.0952. The van der Waals surface area contributed by atoms with Crippen molar-refractivity contribution in [3.8, 4) is 11.1 Å².